The zero-order chi connectivity index (χ0) is 15.8. The van der Waals surface area contributed by atoms with Gasteiger partial charge in [-0.15, -0.1) is 0 Å². The highest BCUT2D eigenvalue weighted by molar-refractivity contribution is 6.31. The monoisotopic (exact) mass is 317 g/mol. The van der Waals surface area contributed by atoms with Crippen LogP contribution >= 0.6 is 11.6 Å². The van der Waals surface area contributed by atoms with Crippen LogP contribution in [0.25, 0.3) is 0 Å². The molecule has 1 unspecified atom stereocenters. The van der Waals surface area contributed by atoms with Crippen molar-refractivity contribution in [1.82, 2.24) is 5.32 Å². The van der Waals surface area contributed by atoms with Crippen LogP contribution in [-0.4, -0.2) is 17.1 Å². The van der Waals surface area contributed by atoms with Gasteiger partial charge in [0.05, 0.1) is 0 Å². The van der Waals surface area contributed by atoms with Gasteiger partial charge in [-0.3, -0.25) is 4.79 Å². The van der Waals surface area contributed by atoms with E-state index in [1.54, 1.807) is 0 Å². The fraction of sp³-hybridized carbons (Fsp3) is 0.278. The molecule has 0 bridgehead atoms. The Morgan fingerprint density at radius 1 is 1.09 bits per heavy atom. The van der Waals surface area contributed by atoms with E-state index < -0.39 is 5.97 Å². The average Bonchev–Trinajstić information content (AvgIpc) is 2.52. The quantitative estimate of drug-likeness (QED) is 0.776. The van der Waals surface area contributed by atoms with Crippen molar-refractivity contribution in [2.45, 2.75) is 31.8 Å². The van der Waals surface area contributed by atoms with Crippen LogP contribution in [0.3, 0.4) is 0 Å². The van der Waals surface area contributed by atoms with Gasteiger partial charge in [0.2, 0.25) is 0 Å². The van der Waals surface area contributed by atoms with E-state index in [-0.39, 0.29) is 12.5 Å². The van der Waals surface area contributed by atoms with Crippen LogP contribution in [0.15, 0.2) is 54.6 Å². The van der Waals surface area contributed by atoms with E-state index >= 15 is 0 Å². The van der Waals surface area contributed by atoms with E-state index in [4.69, 9.17) is 16.7 Å². The third kappa shape index (κ3) is 5.51. The summed E-state index contributed by atoms with van der Waals surface area (Å²) in [5, 5.41) is 13.1. The minimum atomic E-state index is -0.766. The Bertz CT molecular complexity index is 601. The first kappa shape index (κ1) is 16.5. The summed E-state index contributed by atoms with van der Waals surface area (Å²) in [4.78, 5) is 10.8. The summed E-state index contributed by atoms with van der Waals surface area (Å²) < 4.78 is 0. The molecule has 0 fully saturated rings. The number of carboxylic acid groups (broad SMARTS) is 1. The first-order valence-electron chi connectivity index (χ1n) is 7.37. The zero-order valence-corrected chi connectivity index (χ0v) is 13.1. The number of benzene rings is 2. The van der Waals surface area contributed by atoms with Crippen molar-refractivity contribution in [1.29, 1.82) is 0 Å². The first-order chi connectivity index (χ1) is 10.6. The lowest BCUT2D eigenvalue weighted by atomic mass is 10.0. The van der Waals surface area contributed by atoms with E-state index in [0.717, 1.165) is 17.0 Å². The third-order valence-electron chi connectivity index (χ3n) is 3.57. The third-order valence-corrected chi connectivity index (χ3v) is 3.94. The molecule has 0 saturated heterocycles. The Hall–Kier alpha value is -1.84. The number of aliphatic carboxylic acids is 1. The summed E-state index contributed by atoms with van der Waals surface area (Å²) >= 11 is 6.16. The predicted octanol–water partition coefficient (Wildman–Crippen LogP) is 3.91. The Morgan fingerprint density at radius 3 is 2.45 bits per heavy atom. The maximum atomic E-state index is 10.8. The predicted molar refractivity (Wildman–Crippen MR) is 89.1 cm³/mol. The van der Waals surface area contributed by atoms with E-state index in [1.165, 1.54) is 5.56 Å². The van der Waals surface area contributed by atoms with Crippen molar-refractivity contribution in [3.8, 4) is 0 Å². The van der Waals surface area contributed by atoms with Crippen molar-refractivity contribution in [3.05, 3.63) is 70.7 Å². The molecule has 0 amide bonds. The van der Waals surface area contributed by atoms with Crippen LogP contribution in [0, 0.1) is 0 Å². The van der Waals surface area contributed by atoms with Crippen LogP contribution in [0.5, 0.6) is 0 Å². The first-order valence-corrected chi connectivity index (χ1v) is 7.75. The fourth-order valence-electron chi connectivity index (χ4n) is 2.37. The van der Waals surface area contributed by atoms with Crippen molar-refractivity contribution in [2.24, 2.45) is 0 Å². The number of hydrogen-bond donors (Lipinski definition) is 2. The number of carboxylic acids is 1. The molecule has 0 aliphatic heterocycles. The number of halogens is 1. The van der Waals surface area contributed by atoms with Crippen LogP contribution < -0.4 is 5.32 Å². The molecule has 0 spiro atoms. The standard InChI is InChI=1S/C18H20ClNO2/c19-17-9-5-4-8-15(17)13-20-16(10-11-18(21)22)12-14-6-2-1-3-7-14/h1-9,16,20H,10-13H2,(H,21,22). The van der Waals surface area contributed by atoms with Gasteiger partial charge in [0.1, 0.15) is 0 Å². The Kier molecular flexibility index (Phi) is 6.44. The number of carbonyl (C=O) groups is 1. The van der Waals surface area contributed by atoms with Crippen molar-refractivity contribution < 1.29 is 9.90 Å². The summed E-state index contributed by atoms with van der Waals surface area (Å²) in [6, 6.07) is 17.9. The van der Waals surface area contributed by atoms with Gasteiger partial charge >= 0.3 is 5.97 Å². The molecule has 2 rings (SSSR count). The van der Waals surface area contributed by atoms with Gasteiger partial charge in [-0.05, 0) is 30.0 Å². The normalized spacial score (nSPS) is 12.0. The highest BCUT2D eigenvalue weighted by atomic mass is 35.5. The van der Waals surface area contributed by atoms with Crippen molar-refractivity contribution >= 4 is 17.6 Å². The van der Waals surface area contributed by atoms with Crippen LogP contribution in [0.2, 0.25) is 5.02 Å². The number of hydrogen-bond acceptors (Lipinski definition) is 2. The molecule has 116 valence electrons. The second kappa shape index (κ2) is 8.57. The van der Waals surface area contributed by atoms with Gasteiger partial charge in [0.25, 0.3) is 0 Å². The highest BCUT2D eigenvalue weighted by Crippen LogP contribution is 2.16. The van der Waals surface area contributed by atoms with Gasteiger partial charge in [-0.1, -0.05) is 60.1 Å². The SMILES string of the molecule is O=C(O)CCC(Cc1ccccc1)NCc1ccccc1Cl. The summed E-state index contributed by atoms with van der Waals surface area (Å²) in [5.41, 5.74) is 2.22. The molecule has 3 nitrogen and oxygen atoms in total. The topological polar surface area (TPSA) is 49.3 Å². The molecule has 2 aromatic carbocycles. The minimum absolute atomic E-state index is 0.106. The molecule has 2 N–H and O–H groups in total. The second-order valence-corrected chi connectivity index (χ2v) is 5.70. The molecular weight excluding hydrogens is 298 g/mol. The number of nitrogens with one attached hydrogen (secondary N) is 1. The largest absolute Gasteiger partial charge is 0.481 e. The maximum absolute atomic E-state index is 10.8. The Labute approximate surface area is 135 Å². The molecule has 0 aliphatic rings. The van der Waals surface area contributed by atoms with Crippen LogP contribution in [0.4, 0.5) is 0 Å². The molecule has 0 aliphatic carbocycles. The minimum Gasteiger partial charge on any atom is -0.481 e. The van der Waals surface area contributed by atoms with E-state index in [2.05, 4.69) is 17.4 Å². The molecule has 0 saturated carbocycles. The molecule has 4 heteroatoms. The Morgan fingerprint density at radius 2 is 1.77 bits per heavy atom. The fourth-order valence-corrected chi connectivity index (χ4v) is 2.57. The summed E-state index contributed by atoms with van der Waals surface area (Å²) in [7, 11) is 0. The lowest BCUT2D eigenvalue weighted by molar-refractivity contribution is -0.137. The van der Waals surface area contributed by atoms with Gasteiger partial charge < -0.3 is 10.4 Å². The van der Waals surface area contributed by atoms with E-state index in [1.807, 2.05) is 42.5 Å². The molecule has 1 atom stereocenters. The summed E-state index contributed by atoms with van der Waals surface area (Å²) in [5.74, 6) is -0.766. The van der Waals surface area contributed by atoms with Crippen LogP contribution in [0.1, 0.15) is 24.0 Å². The maximum Gasteiger partial charge on any atom is 0.303 e. The van der Waals surface area contributed by atoms with Gasteiger partial charge in [-0.25, -0.2) is 0 Å². The average molecular weight is 318 g/mol. The summed E-state index contributed by atoms with van der Waals surface area (Å²) in [6.07, 6.45) is 1.56. The lowest BCUT2D eigenvalue weighted by Crippen LogP contribution is -2.31. The molecule has 2 aromatic rings. The van der Waals surface area contributed by atoms with E-state index in [9.17, 15) is 4.79 Å². The Balaban J connectivity index is 1.98. The molecular formula is C18H20ClNO2. The number of rotatable bonds is 8. The molecule has 0 radical (unpaired) electrons. The zero-order valence-electron chi connectivity index (χ0n) is 12.3. The lowest BCUT2D eigenvalue weighted by Gasteiger charge is -2.19. The van der Waals surface area contributed by atoms with Gasteiger partial charge in [-0.2, -0.15) is 0 Å². The second-order valence-electron chi connectivity index (χ2n) is 5.29. The molecule has 22 heavy (non-hydrogen) atoms. The molecule has 0 aromatic heterocycles. The molecule has 0 heterocycles. The van der Waals surface area contributed by atoms with Crippen molar-refractivity contribution in [3.63, 3.8) is 0 Å². The summed E-state index contributed by atoms with van der Waals surface area (Å²) in [6.45, 7) is 0.636. The van der Waals surface area contributed by atoms with Gasteiger partial charge in [0, 0.05) is 24.0 Å². The smallest absolute Gasteiger partial charge is 0.303 e. The van der Waals surface area contributed by atoms with Crippen molar-refractivity contribution in [2.75, 3.05) is 0 Å². The van der Waals surface area contributed by atoms with E-state index in [0.29, 0.717) is 13.0 Å². The van der Waals surface area contributed by atoms with Gasteiger partial charge in [0.15, 0.2) is 0 Å². The van der Waals surface area contributed by atoms with Crippen LogP contribution in [-0.2, 0) is 17.8 Å². The highest BCUT2D eigenvalue weighted by Gasteiger charge is 2.12.